The van der Waals surface area contributed by atoms with Crippen LogP contribution < -0.4 is 0 Å². The SMILES string of the molecule is c1cc(-c2cccc(-c3cccc4c3sc3ccccc34)c2)cc(-c2ccc3nc4oc5ccc6ccccc6c5c4nc3c2)c1. The van der Waals surface area contributed by atoms with Gasteiger partial charge in [0.15, 0.2) is 0 Å². The largest absolute Gasteiger partial charge is 0.436 e. The van der Waals surface area contributed by atoms with E-state index in [1.807, 2.05) is 23.5 Å². The summed E-state index contributed by atoms with van der Waals surface area (Å²) in [5.74, 6) is 0. The van der Waals surface area contributed by atoms with Gasteiger partial charge in [-0.1, -0.05) is 109 Å². The van der Waals surface area contributed by atoms with Crippen LogP contribution in [0.4, 0.5) is 0 Å². The maximum Gasteiger partial charge on any atom is 0.246 e. The minimum absolute atomic E-state index is 0.569. The van der Waals surface area contributed by atoms with Crippen LogP contribution in [0.5, 0.6) is 0 Å². The minimum atomic E-state index is 0.569. The zero-order chi connectivity index (χ0) is 30.2. The summed E-state index contributed by atoms with van der Waals surface area (Å²) >= 11 is 1.87. The van der Waals surface area contributed by atoms with Gasteiger partial charge in [0.25, 0.3) is 0 Å². The van der Waals surface area contributed by atoms with Crippen molar-refractivity contribution in [3.05, 3.63) is 146 Å². The van der Waals surface area contributed by atoms with Crippen LogP contribution in [0.25, 0.3) is 97.6 Å². The summed E-state index contributed by atoms with van der Waals surface area (Å²) in [5, 5.41) is 5.94. The molecule has 46 heavy (non-hydrogen) atoms. The van der Waals surface area contributed by atoms with Crippen LogP contribution in [-0.2, 0) is 0 Å². The van der Waals surface area contributed by atoms with Gasteiger partial charge >= 0.3 is 0 Å². The average Bonchev–Trinajstić information content (AvgIpc) is 3.68. The summed E-state index contributed by atoms with van der Waals surface area (Å²) in [6.07, 6.45) is 0. The zero-order valence-electron chi connectivity index (χ0n) is 24.6. The third-order valence-electron chi connectivity index (χ3n) is 9.07. The number of hydrogen-bond acceptors (Lipinski definition) is 4. The number of fused-ring (bicyclic) bond motifs is 9. The van der Waals surface area contributed by atoms with E-state index in [9.17, 15) is 0 Å². The topological polar surface area (TPSA) is 38.9 Å². The molecule has 3 aromatic heterocycles. The standard InChI is InChI=1S/C42H24N2OS/c1-2-13-31-25(8-1)19-21-37-39(31)40-42(45-37)44-35-20-18-29(24-36(35)43-40)27-10-5-9-26(22-27)28-11-6-12-30(23-28)32-15-7-16-34-33-14-3-4-17-38(33)46-41(32)34/h1-24H. The molecular weight excluding hydrogens is 581 g/mol. The van der Waals surface area contributed by atoms with Gasteiger partial charge in [-0.05, 0) is 80.6 Å². The molecule has 3 nitrogen and oxygen atoms in total. The van der Waals surface area contributed by atoms with Crippen LogP contribution in [0, 0.1) is 0 Å². The van der Waals surface area contributed by atoms with Crippen molar-refractivity contribution in [3.8, 4) is 33.4 Å². The van der Waals surface area contributed by atoms with E-state index in [1.165, 1.54) is 42.4 Å². The van der Waals surface area contributed by atoms with E-state index >= 15 is 0 Å². The highest BCUT2D eigenvalue weighted by Crippen LogP contribution is 2.41. The second-order valence-corrected chi connectivity index (χ2v) is 12.8. The summed E-state index contributed by atoms with van der Waals surface area (Å²) in [4.78, 5) is 9.98. The lowest BCUT2D eigenvalue weighted by atomic mass is 9.95. The molecule has 0 aliphatic rings. The maximum absolute atomic E-state index is 6.16. The third kappa shape index (κ3) is 3.91. The van der Waals surface area contributed by atoms with Gasteiger partial charge in [-0.3, -0.25) is 0 Å². The van der Waals surface area contributed by atoms with Crippen molar-refractivity contribution < 1.29 is 4.42 Å². The first-order valence-electron chi connectivity index (χ1n) is 15.4. The van der Waals surface area contributed by atoms with Crippen LogP contribution in [0.2, 0.25) is 0 Å². The van der Waals surface area contributed by atoms with Gasteiger partial charge in [-0.25, -0.2) is 9.97 Å². The Hall–Kier alpha value is -5.84. The molecule has 0 spiro atoms. The Morgan fingerprint density at radius 2 is 1.17 bits per heavy atom. The van der Waals surface area contributed by atoms with Crippen molar-refractivity contribution in [1.82, 2.24) is 9.97 Å². The molecule has 3 heterocycles. The van der Waals surface area contributed by atoms with Crippen molar-refractivity contribution in [1.29, 1.82) is 0 Å². The minimum Gasteiger partial charge on any atom is -0.436 e. The van der Waals surface area contributed by atoms with Gasteiger partial charge in [0.1, 0.15) is 11.1 Å². The smallest absolute Gasteiger partial charge is 0.246 e. The van der Waals surface area contributed by atoms with Gasteiger partial charge in [0, 0.05) is 20.2 Å². The molecule has 0 aliphatic carbocycles. The fourth-order valence-corrected chi connectivity index (χ4v) is 8.09. The predicted molar refractivity (Wildman–Crippen MR) is 194 cm³/mol. The average molecular weight is 605 g/mol. The van der Waals surface area contributed by atoms with Crippen LogP contribution in [-0.4, -0.2) is 9.97 Å². The van der Waals surface area contributed by atoms with Crippen molar-refractivity contribution in [2.75, 3.05) is 0 Å². The molecule has 0 bridgehead atoms. The third-order valence-corrected chi connectivity index (χ3v) is 10.3. The summed E-state index contributed by atoms with van der Waals surface area (Å²) in [5.41, 5.74) is 11.0. The maximum atomic E-state index is 6.16. The van der Waals surface area contributed by atoms with Crippen LogP contribution in [0.15, 0.2) is 150 Å². The molecule has 7 aromatic carbocycles. The van der Waals surface area contributed by atoms with E-state index in [1.54, 1.807) is 0 Å². The molecule has 10 rings (SSSR count). The lowest BCUT2D eigenvalue weighted by Crippen LogP contribution is -1.87. The summed E-state index contributed by atoms with van der Waals surface area (Å²) < 4.78 is 8.81. The van der Waals surface area contributed by atoms with Crippen molar-refractivity contribution in [2.24, 2.45) is 0 Å². The van der Waals surface area contributed by atoms with Gasteiger partial charge in [-0.2, -0.15) is 0 Å². The van der Waals surface area contributed by atoms with Crippen LogP contribution in [0.1, 0.15) is 0 Å². The fraction of sp³-hybridized carbons (Fsp3) is 0. The second kappa shape index (κ2) is 9.83. The van der Waals surface area contributed by atoms with Crippen molar-refractivity contribution in [2.45, 2.75) is 0 Å². The number of benzene rings is 7. The molecule has 0 fully saturated rings. The van der Waals surface area contributed by atoms with E-state index < -0.39 is 0 Å². The molecule has 0 atom stereocenters. The predicted octanol–water partition coefficient (Wildman–Crippen LogP) is 12.1. The Kier molecular flexibility index (Phi) is 5.45. The first-order chi connectivity index (χ1) is 22.8. The Labute approximate surface area is 268 Å². The molecule has 0 N–H and O–H groups in total. The number of hydrogen-bond donors (Lipinski definition) is 0. The first kappa shape index (κ1) is 25.5. The van der Waals surface area contributed by atoms with Gasteiger partial charge in [-0.15, -0.1) is 11.3 Å². The Bertz CT molecular complexity index is 2830. The summed E-state index contributed by atoms with van der Waals surface area (Å²) in [6, 6.07) is 51.8. The molecule has 10 aromatic rings. The van der Waals surface area contributed by atoms with Crippen molar-refractivity contribution >= 4 is 75.5 Å². The monoisotopic (exact) mass is 604 g/mol. The quantitative estimate of drug-likeness (QED) is 0.201. The van der Waals surface area contributed by atoms with E-state index in [0.29, 0.717) is 5.71 Å². The van der Waals surface area contributed by atoms with E-state index in [2.05, 4.69) is 133 Å². The molecule has 4 heteroatoms. The van der Waals surface area contributed by atoms with Crippen molar-refractivity contribution in [3.63, 3.8) is 0 Å². The molecule has 0 amide bonds. The molecule has 0 saturated heterocycles. The lowest BCUT2D eigenvalue weighted by Gasteiger charge is -2.10. The van der Waals surface area contributed by atoms with E-state index in [4.69, 9.17) is 14.4 Å². The number of rotatable bonds is 3. The highest BCUT2D eigenvalue weighted by Gasteiger charge is 2.15. The Balaban J connectivity index is 1.07. The fourth-order valence-electron chi connectivity index (χ4n) is 6.86. The number of aromatic nitrogens is 2. The number of thiophene rings is 1. The van der Waals surface area contributed by atoms with Gasteiger partial charge < -0.3 is 4.42 Å². The first-order valence-corrected chi connectivity index (χ1v) is 16.2. The highest BCUT2D eigenvalue weighted by atomic mass is 32.1. The number of nitrogens with zero attached hydrogens (tertiary/aromatic N) is 2. The molecule has 0 unspecified atom stereocenters. The molecule has 0 saturated carbocycles. The highest BCUT2D eigenvalue weighted by molar-refractivity contribution is 7.26. The Morgan fingerprint density at radius 1 is 0.478 bits per heavy atom. The van der Waals surface area contributed by atoms with Gasteiger partial charge in [0.05, 0.1) is 16.4 Å². The lowest BCUT2D eigenvalue weighted by molar-refractivity contribution is 0.655. The normalized spacial score (nSPS) is 11.9. The number of furan rings is 1. The summed E-state index contributed by atoms with van der Waals surface area (Å²) in [7, 11) is 0. The van der Waals surface area contributed by atoms with E-state index in [-0.39, 0.29) is 0 Å². The van der Waals surface area contributed by atoms with Crippen LogP contribution in [0.3, 0.4) is 0 Å². The Morgan fingerprint density at radius 3 is 2.04 bits per heavy atom. The van der Waals surface area contributed by atoms with Crippen LogP contribution >= 0.6 is 11.3 Å². The van der Waals surface area contributed by atoms with E-state index in [0.717, 1.165) is 49.4 Å². The zero-order valence-corrected chi connectivity index (χ0v) is 25.4. The van der Waals surface area contributed by atoms with Gasteiger partial charge in [0.2, 0.25) is 5.71 Å². The summed E-state index contributed by atoms with van der Waals surface area (Å²) in [6.45, 7) is 0. The molecular formula is C42H24N2OS. The molecule has 0 radical (unpaired) electrons. The second-order valence-electron chi connectivity index (χ2n) is 11.8. The molecule has 0 aliphatic heterocycles. The molecule has 214 valence electrons.